The minimum absolute atomic E-state index is 0.197. The van der Waals surface area contributed by atoms with Crippen LogP contribution in [-0.4, -0.2) is 24.5 Å². The average molecular weight is 405 g/mol. The molecule has 3 aromatic rings. The molecule has 0 saturated heterocycles. The summed E-state index contributed by atoms with van der Waals surface area (Å²) in [7, 11) is -3.26. The average Bonchev–Trinajstić information content (AvgIpc) is 2.55. The van der Waals surface area contributed by atoms with E-state index in [1.54, 1.807) is 16.8 Å². The summed E-state index contributed by atoms with van der Waals surface area (Å²) in [6.45, 7) is 0. The van der Waals surface area contributed by atoms with Gasteiger partial charge in [-0.15, -0.1) is 0 Å². The largest absolute Gasteiger partial charge is 0.288 e. The summed E-state index contributed by atoms with van der Waals surface area (Å²) in [6.07, 6.45) is 2.39. The highest BCUT2D eigenvalue weighted by atomic mass is 79.9. The lowest BCUT2D eigenvalue weighted by Crippen LogP contribution is -2.11. The topological polar surface area (TPSA) is 69.0 Å². The highest BCUT2D eigenvalue weighted by Gasteiger charge is 2.10. The molecule has 0 N–H and O–H groups in total. The molecule has 7 heteroatoms. The van der Waals surface area contributed by atoms with E-state index in [4.69, 9.17) is 0 Å². The fraction of sp³-hybridized carbons (Fsp3) is 0.0588. The van der Waals surface area contributed by atoms with Crippen molar-refractivity contribution in [1.82, 2.24) is 9.78 Å². The van der Waals surface area contributed by atoms with Gasteiger partial charge in [-0.25, -0.2) is 13.1 Å². The number of sulfone groups is 1. The first kappa shape index (κ1) is 16.6. The van der Waals surface area contributed by atoms with Gasteiger partial charge in [-0.05, 0) is 36.4 Å². The molecule has 0 radical (unpaired) electrons. The third-order valence-electron chi connectivity index (χ3n) is 3.46. The van der Waals surface area contributed by atoms with Crippen LogP contribution < -0.4 is 5.43 Å². The van der Waals surface area contributed by atoms with E-state index in [2.05, 4.69) is 21.0 Å². The smallest absolute Gasteiger partial charge is 0.200 e. The first-order valence-electron chi connectivity index (χ1n) is 7.00. The first-order valence-corrected chi connectivity index (χ1v) is 9.69. The van der Waals surface area contributed by atoms with Crippen LogP contribution >= 0.6 is 15.9 Å². The maximum absolute atomic E-state index is 11.7. The monoisotopic (exact) mass is 404 g/mol. The lowest BCUT2D eigenvalue weighted by atomic mass is 10.1. The summed E-state index contributed by atoms with van der Waals surface area (Å²) in [4.78, 5) is 12.0. The van der Waals surface area contributed by atoms with E-state index >= 15 is 0 Å². The predicted octanol–water partition coefficient (Wildman–Crippen LogP) is 3.07. The Bertz CT molecular complexity index is 1040. The molecule has 0 aliphatic heterocycles. The Labute approximate surface area is 147 Å². The number of hydrogen-bond donors (Lipinski definition) is 0. The molecule has 0 fully saturated rings. The second-order valence-electron chi connectivity index (χ2n) is 5.26. The van der Waals surface area contributed by atoms with Crippen molar-refractivity contribution in [3.8, 4) is 16.9 Å². The Morgan fingerprint density at radius 1 is 1.00 bits per heavy atom. The number of aromatic nitrogens is 2. The standard InChI is InChI=1S/C17H13BrN2O3S/c1-24(22,23)16-8-6-14(7-9-16)20-17(10-15(21)11-19-20)12-2-4-13(18)5-3-12/h2-11H,1H3. The SMILES string of the molecule is CS(=O)(=O)c1ccc(-n2ncc(=O)cc2-c2ccc(Br)cc2)cc1. The van der Waals surface area contributed by atoms with Gasteiger partial charge in [0.05, 0.1) is 22.5 Å². The summed E-state index contributed by atoms with van der Waals surface area (Å²) in [5.41, 5.74) is 1.93. The van der Waals surface area contributed by atoms with E-state index in [-0.39, 0.29) is 10.3 Å². The number of halogens is 1. The molecule has 5 nitrogen and oxygen atoms in total. The van der Waals surface area contributed by atoms with E-state index in [1.165, 1.54) is 24.4 Å². The van der Waals surface area contributed by atoms with Crippen LogP contribution in [0.1, 0.15) is 0 Å². The molecule has 0 unspecified atom stereocenters. The molecule has 2 aromatic carbocycles. The van der Waals surface area contributed by atoms with Crippen molar-refractivity contribution >= 4 is 25.8 Å². The van der Waals surface area contributed by atoms with Crippen molar-refractivity contribution in [2.24, 2.45) is 0 Å². The molecule has 0 amide bonds. The van der Waals surface area contributed by atoms with Gasteiger partial charge in [0.2, 0.25) is 5.43 Å². The quantitative estimate of drug-likeness (QED) is 0.672. The van der Waals surface area contributed by atoms with Crippen LogP contribution in [0.25, 0.3) is 16.9 Å². The number of nitrogens with zero attached hydrogens (tertiary/aromatic N) is 2. The van der Waals surface area contributed by atoms with Crippen molar-refractivity contribution in [2.75, 3.05) is 6.26 Å². The van der Waals surface area contributed by atoms with E-state index in [9.17, 15) is 13.2 Å². The van der Waals surface area contributed by atoms with E-state index in [1.807, 2.05) is 24.3 Å². The van der Waals surface area contributed by atoms with Crippen molar-refractivity contribution in [1.29, 1.82) is 0 Å². The van der Waals surface area contributed by atoms with Gasteiger partial charge in [-0.2, -0.15) is 5.10 Å². The summed E-state index contributed by atoms with van der Waals surface area (Å²) < 4.78 is 25.7. The molecular formula is C17H13BrN2O3S. The van der Waals surface area contributed by atoms with Crippen LogP contribution in [0.5, 0.6) is 0 Å². The second kappa shape index (κ2) is 6.33. The highest BCUT2D eigenvalue weighted by Crippen LogP contribution is 2.23. The zero-order valence-electron chi connectivity index (χ0n) is 12.7. The fourth-order valence-electron chi connectivity index (χ4n) is 2.28. The van der Waals surface area contributed by atoms with Crippen molar-refractivity contribution in [3.63, 3.8) is 0 Å². The normalized spacial score (nSPS) is 11.4. The summed E-state index contributed by atoms with van der Waals surface area (Å²) in [6, 6.07) is 15.4. The maximum Gasteiger partial charge on any atom is 0.200 e. The molecule has 3 rings (SSSR count). The van der Waals surface area contributed by atoms with Gasteiger partial charge >= 0.3 is 0 Å². The lowest BCUT2D eigenvalue weighted by Gasteiger charge is -2.12. The predicted molar refractivity (Wildman–Crippen MR) is 96.1 cm³/mol. The molecular weight excluding hydrogens is 392 g/mol. The minimum atomic E-state index is -3.26. The molecule has 0 aliphatic rings. The molecule has 0 bridgehead atoms. The van der Waals surface area contributed by atoms with E-state index < -0.39 is 9.84 Å². The van der Waals surface area contributed by atoms with Gasteiger partial charge in [0.1, 0.15) is 0 Å². The maximum atomic E-state index is 11.7. The van der Waals surface area contributed by atoms with Crippen LogP contribution in [0.15, 0.2) is 75.0 Å². The summed E-state index contributed by atoms with van der Waals surface area (Å²) >= 11 is 3.38. The van der Waals surface area contributed by atoms with Gasteiger partial charge in [0.25, 0.3) is 0 Å². The zero-order chi connectivity index (χ0) is 17.3. The van der Waals surface area contributed by atoms with Crippen LogP contribution in [-0.2, 0) is 9.84 Å². The molecule has 24 heavy (non-hydrogen) atoms. The summed E-state index contributed by atoms with van der Waals surface area (Å²) in [5, 5.41) is 4.18. The van der Waals surface area contributed by atoms with Crippen molar-refractivity contribution in [3.05, 3.63) is 75.5 Å². The molecule has 0 spiro atoms. The molecule has 0 aliphatic carbocycles. The lowest BCUT2D eigenvalue weighted by molar-refractivity contribution is 0.602. The van der Waals surface area contributed by atoms with Crippen LogP contribution in [0, 0.1) is 0 Å². The second-order valence-corrected chi connectivity index (χ2v) is 8.19. The Kier molecular flexibility index (Phi) is 4.38. The van der Waals surface area contributed by atoms with Gasteiger partial charge in [-0.3, -0.25) is 4.79 Å². The number of benzene rings is 2. The van der Waals surface area contributed by atoms with Gasteiger partial charge in [0, 0.05) is 22.4 Å². The Morgan fingerprint density at radius 2 is 1.62 bits per heavy atom. The fourth-order valence-corrected chi connectivity index (χ4v) is 3.17. The van der Waals surface area contributed by atoms with Crippen LogP contribution in [0.4, 0.5) is 0 Å². The van der Waals surface area contributed by atoms with E-state index in [0.29, 0.717) is 11.4 Å². The molecule has 0 atom stereocenters. The first-order chi connectivity index (χ1) is 11.3. The minimum Gasteiger partial charge on any atom is -0.288 e. The molecule has 1 aromatic heterocycles. The van der Waals surface area contributed by atoms with Crippen molar-refractivity contribution in [2.45, 2.75) is 4.90 Å². The van der Waals surface area contributed by atoms with Gasteiger partial charge < -0.3 is 0 Å². The summed E-state index contributed by atoms with van der Waals surface area (Å²) in [5.74, 6) is 0. The molecule has 1 heterocycles. The van der Waals surface area contributed by atoms with Gasteiger partial charge in [0.15, 0.2) is 9.84 Å². The Balaban J connectivity index is 2.15. The van der Waals surface area contributed by atoms with Crippen LogP contribution in [0.2, 0.25) is 0 Å². The third kappa shape index (κ3) is 3.47. The number of hydrogen-bond acceptors (Lipinski definition) is 4. The Morgan fingerprint density at radius 3 is 2.21 bits per heavy atom. The highest BCUT2D eigenvalue weighted by molar-refractivity contribution is 9.10. The van der Waals surface area contributed by atoms with Crippen LogP contribution in [0.3, 0.4) is 0 Å². The van der Waals surface area contributed by atoms with Crippen molar-refractivity contribution < 1.29 is 8.42 Å². The van der Waals surface area contributed by atoms with Gasteiger partial charge in [-0.1, -0.05) is 28.1 Å². The zero-order valence-corrected chi connectivity index (χ0v) is 15.1. The molecule has 122 valence electrons. The van der Waals surface area contributed by atoms with E-state index in [0.717, 1.165) is 16.3 Å². The number of rotatable bonds is 3. The Hall–Kier alpha value is -2.25. The molecule has 0 saturated carbocycles. The third-order valence-corrected chi connectivity index (χ3v) is 5.11.